The van der Waals surface area contributed by atoms with Crippen molar-refractivity contribution in [3.63, 3.8) is 0 Å². The molecule has 5 heteroatoms. The molecule has 0 saturated heterocycles. The molecule has 2 rings (SSSR count). The number of aromatic nitrogens is 3. The maximum Gasteiger partial charge on any atom is 0.257 e. The number of hydrogen-bond acceptors (Lipinski definition) is 3. The largest absolute Gasteiger partial charge is 0.333 e. The van der Waals surface area contributed by atoms with Crippen molar-refractivity contribution in [2.45, 2.75) is 13.0 Å². The van der Waals surface area contributed by atoms with Gasteiger partial charge in [0, 0.05) is 26.5 Å². The monoisotopic (exact) mass is 244 g/mol. The van der Waals surface area contributed by atoms with Crippen molar-refractivity contribution in [3.05, 3.63) is 48.0 Å². The normalized spacial score (nSPS) is 12.2. The standard InChI is InChI=1S/C13H16N4O/c1-10(12-6-4-5-7-14-12)17(3)13(18)11-8-15-16(2)9-11/h4-10H,1-3H3. The molecule has 0 bridgehead atoms. The summed E-state index contributed by atoms with van der Waals surface area (Å²) in [6, 6.07) is 5.62. The molecule has 0 N–H and O–H groups in total. The maximum atomic E-state index is 12.2. The average Bonchev–Trinajstić information content (AvgIpc) is 2.84. The first kappa shape index (κ1) is 12.3. The van der Waals surface area contributed by atoms with E-state index in [-0.39, 0.29) is 11.9 Å². The molecular formula is C13H16N4O. The van der Waals surface area contributed by atoms with Crippen LogP contribution >= 0.6 is 0 Å². The van der Waals surface area contributed by atoms with Gasteiger partial charge in [0.05, 0.1) is 23.5 Å². The van der Waals surface area contributed by atoms with E-state index >= 15 is 0 Å². The summed E-state index contributed by atoms with van der Waals surface area (Å²) in [6.45, 7) is 1.95. The Labute approximate surface area is 106 Å². The van der Waals surface area contributed by atoms with Crippen LogP contribution in [0.3, 0.4) is 0 Å². The van der Waals surface area contributed by atoms with Gasteiger partial charge in [-0.25, -0.2) is 0 Å². The minimum atomic E-state index is -0.0705. The van der Waals surface area contributed by atoms with Crippen LogP contribution in [0.25, 0.3) is 0 Å². The Morgan fingerprint density at radius 2 is 2.22 bits per heavy atom. The van der Waals surface area contributed by atoms with E-state index in [4.69, 9.17) is 0 Å². The Bertz CT molecular complexity index is 535. The minimum Gasteiger partial charge on any atom is -0.333 e. The molecule has 0 fully saturated rings. The maximum absolute atomic E-state index is 12.2. The summed E-state index contributed by atoms with van der Waals surface area (Å²) in [5, 5.41) is 4.01. The number of pyridine rings is 1. The topological polar surface area (TPSA) is 51.0 Å². The van der Waals surface area contributed by atoms with Gasteiger partial charge in [0.25, 0.3) is 5.91 Å². The Morgan fingerprint density at radius 1 is 1.44 bits per heavy atom. The summed E-state index contributed by atoms with van der Waals surface area (Å²) in [5.41, 5.74) is 1.46. The highest BCUT2D eigenvalue weighted by molar-refractivity contribution is 5.93. The Balaban J connectivity index is 2.16. The van der Waals surface area contributed by atoms with Crippen molar-refractivity contribution in [2.75, 3.05) is 7.05 Å². The summed E-state index contributed by atoms with van der Waals surface area (Å²) in [5.74, 6) is -0.0544. The van der Waals surface area contributed by atoms with Crippen molar-refractivity contribution < 1.29 is 4.79 Å². The van der Waals surface area contributed by atoms with Gasteiger partial charge in [-0.2, -0.15) is 5.10 Å². The lowest BCUT2D eigenvalue weighted by atomic mass is 10.1. The lowest BCUT2D eigenvalue weighted by Crippen LogP contribution is -2.29. The predicted octanol–water partition coefficient (Wildman–Crippen LogP) is 1.65. The van der Waals surface area contributed by atoms with Crippen LogP contribution in [-0.4, -0.2) is 32.6 Å². The number of carbonyl (C=O) groups is 1. The molecule has 0 spiro atoms. The fourth-order valence-corrected chi connectivity index (χ4v) is 1.73. The first-order valence-electron chi connectivity index (χ1n) is 5.76. The van der Waals surface area contributed by atoms with Crippen LogP contribution in [0.15, 0.2) is 36.8 Å². The van der Waals surface area contributed by atoms with Gasteiger partial charge in [-0.1, -0.05) is 6.07 Å². The lowest BCUT2D eigenvalue weighted by molar-refractivity contribution is 0.0739. The molecule has 0 aliphatic rings. The summed E-state index contributed by atoms with van der Waals surface area (Å²) in [7, 11) is 3.56. The van der Waals surface area contributed by atoms with Crippen molar-refractivity contribution in [3.8, 4) is 0 Å². The molecule has 0 aliphatic carbocycles. The van der Waals surface area contributed by atoms with Crippen molar-refractivity contribution in [1.29, 1.82) is 0 Å². The van der Waals surface area contributed by atoms with E-state index in [1.807, 2.05) is 25.1 Å². The van der Waals surface area contributed by atoms with Gasteiger partial charge in [0.15, 0.2) is 0 Å². The lowest BCUT2D eigenvalue weighted by Gasteiger charge is -2.23. The van der Waals surface area contributed by atoms with Gasteiger partial charge < -0.3 is 4.90 Å². The van der Waals surface area contributed by atoms with E-state index in [0.29, 0.717) is 5.56 Å². The van der Waals surface area contributed by atoms with Crippen LogP contribution in [-0.2, 0) is 7.05 Å². The molecule has 0 aliphatic heterocycles. The average molecular weight is 244 g/mol. The van der Waals surface area contributed by atoms with Crippen LogP contribution in [0.5, 0.6) is 0 Å². The minimum absolute atomic E-state index is 0.0544. The number of aryl methyl sites for hydroxylation is 1. The molecular weight excluding hydrogens is 228 g/mol. The van der Waals surface area contributed by atoms with Gasteiger partial charge in [0.2, 0.25) is 0 Å². The quantitative estimate of drug-likeness (QED) is 0.825. The third kappa shape index (κ3) is 2.40. The molecule has 2 aromatic rings. The van der Waals surface area contributed by atoms with Crippen molar-refractivity contribution in [2.24, 2.45) is 7.05 Å². The predicted molar refractivity (Wildman–Crippen MR) is 68.0 cm³/mol. The summed E-state index contributed by atoms with van der Waals surface area (Å²) in [4.78, 5) is 18.1. The first-order valence-corrected chi connectivity index (χ1v) is 5.76. The van der Waals surface area contributed by atoms with Crippen LogP contribution in [0, 0.1) is 0 Å². The van der Waals surface area contributed by atoms with Crippen LogP contribution in [0.1, 0.15) is 29.0 Å². The fourth-order valence-electron chi connectivity index (χ4n) is 1.73. The highest BCUT2D eigenvalue weighted by atomic mass is 16.2. The van der Waals surface area contributed by atoms with Gasteiger partial charge >= 0.3 is 0 Å². The Kier molecular flexibility index (Phi) is 3.41. The third-order valence-electron chi connectivity index (χ3n) is 2.97. The van der Waals surface area contributed by atoms with Crippen LogP contribution in [0.2, 0.25) is 0 Å². The smallest absolute Gasteiger partial charge is 0.257 e. The highest BCUT2D eigenvalue weighted by Gasteiger charge is 2.20. The van der Waals surface area contributed by atoms with Gasteiger partial charge in [0.1, 0.15) is 0 Å². The van der Waals surface area contributed by atoms with Crippen LogP contribution < -0.4 is 0 Å². The summed E-state index contributed by atoms with van der Waals surface area (Å²) >= 11 is 0. The Morgan fingerprint density at radius 3 is 2.78 bits per heavy atom. The molecule has 5 nitrogen and oxygen atoms in total. The van der Waals surface area contributed by atoms with E-state index in [9.17, 15) is 4.79 Å². The number of nitrogens with zero attached hydrogens (tertiary/aromatic N) is 4. The SMILES string of the molecule is CC(c1ccccn1)N(C)C(=O)c1cnn(C)c1. The fraction of sp³-hybridized carbons (Fsp3) is 0.308. The van der Waals surface area contributed by atoms with E-state index in [1.165, 1.54) is 0 Å². The molecule has 0 radical (unpaired) electrons. The molecule has 0 aromatic carbocycles. The van der Waals surface area contributed by atoms with E-state index in [0.717, 1.165) is 5.69 Å². The van der Waals surface area contributed by atoms with Crippen molar-refractivity contribution >= 4 is 5.91 Å². The van der Waals surface area contributed by atoms with E-state index in [1.54, 1.807) is 42.3 Å². The first-order chi connectivity index (χ1) is 8.59. The van der Waals surface area contributed by atoms with Crippen LogP contribution in [0.4, 0.5) is 0 Å². The molecule has 1 unspecified atom stereocenters. The summed E-state index contributed by atoms with van der Waals surface area (Å²) < 4.78 is 1.62. The molecule has 1 amide bonds. The zero-order chi connectivity index (χ0) is 13.1. The van der Waals surface area contributed by atoms with Gasteiger partial charge in [-0.3, -0.25) is 14.5 Å². The summed E-state index contributed by atoms with van der Waals surface area (Å²) in [6.07, 6.45) is 5.02. The number of hydrogen-bond donors (Lipinski definition) is 0. The zero-order valence-corrected chi connectivity index (χ0v) is 10.7. The molecule has 2 heterocycles. The second kappa shape index (κ2) is 5.00. The molecule has 94 valence electrons. The molecule has 18 heavy (non-hydrogen) atoms. The van der Waals surface area contributed by atoms with Gasteiger partial charge in [-0.05, 0) is 19.1 Å². The van der Waals surface area contributed by atoms with E-state index in [2.05, 4.69) is 10.1 Å². The molecule has 2 aromatic heterocycles. The zero-order valence-electron chi connectivity index (χ0n) is 10.7. The number of amides is 1. The second-order valence-electron chi connectivity index (χ2n) is 4.25. The number of rotatable bonds is 3. The van der Waals surface area contributed by atoms with E-state index < -0.39 is 0 Å². The molecule has 1 atom stereocenters. The number of carbonyl (C=O) groups excluding carboxylic acids is 1. The third-order valence-corrected chi connectivity index (χ3v) is 2.97. The molecule has 0 saturated carbocycles. The highest BCUT2D eigenvalue weighted by Crippen LogP contribution is 2.18. The van der Waals surface area contributed by atoms with Gasteiger partial charge in [-0.15, -0.1) is 0 Å². The Hall–Kier alpha value is -2.17. The second-order valence-corrected chi connectivity index (χ2v) is 4.25. The van der Waals surface area contributed by atoms with Crippen molar-refractivity contribution in [1.82, 2.24) is 19.7 Å².